The van der Waals surface area contributed by atoms with E-state index in [0.29, 0.717) is 35.2 Å². The number of methoxy groups -OCH3 is 1. The van der Waals surface area contributed by atoms with Gasteiger partial charge < -0.3 is 25.0 Å². The molecule has 0 aromatic heterocycles. The summed E-state index contributed by atoms with van der Waals surface area (Å²) >= 11 is 0. The van der Waals surface area contributed by atoms with Crippen LogP contribution in [0.25, 0.3) is 0 Å². The van der Waals surface area contributed by atoms with Gasteiger partial charge in [0.2, 0.25) is 5.91 Å². The summed E-state index contributed by atoms with van der Waals surface area (Å²) in [6.45, 7) is 2.94. The number of hydrogen-bond acceptors (Lipinski definition) is 4. The normalized spacial score (nSPS) is 11.3. The van der Waals surface area contributed by atoms with Crippen LogP contribution >= 0.6 is 24.0 Å². The summed E-state index contributed by atoms with van der Waals surface area (Å²) in [7, 11) is 2.60. The van der Waals surface area contributed by atoms with Crippen LogP contribution in [0.3, 0.4) is 0 Å². The van der Waals surface area contributed by atoms with Gasteiger partial charge in [-0.3, -0.25) is 4.79 Å². The minimum atomic E-state index is -4.45. The first-order valence-electron chi connectivity index (χ1n) is 8.37. The third-order valence-electron chi connectivity index (χ3n) is 3.29. The molecule has 11 heteroatoms. The molecular formula is C17H26F3IN4O3. The largest absolute Gasteiger partial charge is 0.493 e. The molecule has 1 aromatic carbocycles. The number of carbonyl (C=O) groups is 1. The third kappa shape index (κ3) is 9.33. The van der Waals surface area contributed by atoms with Gasteiger partial charge in [-0.25, -0.2) is 4.99 Å². The maximum absolute atomic E-state index is 12.4. The molecule has 28 heavy (non-hydrogen) atoms. The van der Waals surface area contributed by atoms with Crippen molar-refractivity contribution in [2.75, 3.05) is 45.7 Å². The second-order valence-electron chi connectivity index (χ2n) is 5.48. The van der Waals surface area contributed by atoms with E-state index in [1.807, 2.05) is 13.8 Å². The first-order valence-corrected chi connectivity index (χ1v) is 8.37. The third-order valence-corrected chi connectivity index (χ3v) is 3.29. The number of nitrogens with one attached hydrogen (secondary N) is 2. The Bertz CT molecular complexity index is 657. The number of benzene rings is 1. The molecule has 1 amide bonds. The van der Waals surface area contributed by atoms with Crippen molar-refractivity contribution in [3.8, 4) is 11.5 Å². The van der Waals surface area contributed by atoms with Crippen molar-refractivity contribution in [1.82, 2.24) is 10.2 Å². The van der Waals surface area contributed by atoms with E-state index in [9.17, 15) is 18.0 Å². The average molecular weight is 518 g/mol. The van der Waals surface area contributed by atoms with E-state index in [0.717, 1.165) is 7.05 Å². The lowest BCUT2D eigenvalue weighted by atomic mass is 10.2. The molecule has 0 aliphatic carbocycles. The van der Waals surface area contributed by atoms with Gasteiger partial charge in [0.25, 0.3) is 0 Å². The van der Waals surface area contributed by atoms with Gasteiger partial charge in [-0.15, -0.1) is 24.0 Å². The summed E-state index contributed by atoms with van der Waals surface area (Å²) in [4.78, 5) is 16.5. The van der Waals surface area contributed by atoms with E-state index >= 15 is 0 Å². The zero-order valence-electron chi connectivity index (χ0n) is 16.2. The van der Waals surface area contributed by atoms with Crippen LogP contribution in [0.1, 0.15) is 13.8 Å². The number of guanidine groups is 1. The minimum Gasteiger partial charge on any atom is -0.493 e. The molecule has 1 rings (SSSR count). The molecule has 0 fully saturated rings. The number of ether oxygens (including phenoxy) is 2. The topological polar surface area (TPSA) is 75.2 Å². The molecule has 0 aliphatic heterocycles. The highest BCUT2D eigenvalue weighted by atomic mass is 127. The number of nitrogens with zero attached hydrogens (tertiary/aromatic N) is 2. The maximum Gasteiger partial charge on any atom is 0.406 e. The van der Waals surface area contributed by atoms with Gasteiger partial charge in [0.1, 0.15) is 13.1 Å². The highest BCUT2D eigenvalue weighted by Gasteiger charge is 2.31. The molecule has 0 aliphatic rings. The Morgan fingerprint density at radius 2 is 1.93 bits per heavy atom. The molecule has 7 nitrogen and oxygen atoms in total. The first kappa shape index (κ1) is 26.1. The molecule has 0 radical (unpaired) electrons. The first-order chi connectivity index (χ1) is 12.7. The summed E-state index contributed by atoms with van der Waals surface area (Å²) in [5.41, 5.74) is 0.617. The second-order valence-corrected chi connectivity index (χ2v) is 5.48. The Kier molecular flexibility index (Phi) is 11.7. The van der Waals surface area contributed by atoms with Crippen molar-refractivity contribution < 1.29 is 27.4 Å². The van der Waals surface area contributed by atoms with Crippen molar-refractivity contribution in [2.45, 2.75) is 20.0 Å². The van der Waals surface area contributed by atoms with E-state index in [1.54, 1.807) is 18.2 Å². The lowest BCUT2D eigenvalue weighted by molar-refractivity contribution is -0.157. The van der Waals surface area contributed by atoms with Crippen molar-refractivity contribution in [3.63, 3.8) is 0 Å². The van der Waals surface area contributed by atoms with Crippen molar-refractivity contribution >= 4 is 41.5 Å². The van der Waals surface area contributed by atoms with Gasteiger partial charge in [0, 0.05) is 25.3 Å². The lowest BCUT2D eigenvalue weighted by Gasteiger charge is -2.18. The van der Waals surface area contributed by atoms with Crippen LogP contribution in [0.4, 0.5) is 18.9 Å². The maximum atomic E-state index is 12.4. The zero-order valence-corrected chi connectivity index (χ0v) is 18.6. The number of carbonyl (C=O) groups excluding carboxylic acids is 1. The Labute approximate surface area is 179 Å². The predicted molar refractivity (Wildman–Crippen MR) is 113 cm³/mol. The smallest absolute Gasteiger partial charge is 0.406 e. The van der Waals surface area contributed by atoms with E-state index in [1.165, 1.54) is 7.11 Å². The Balaban J connectivity index is 0.00000729. The molecule has 0 saturated heterocycles. The van der Waals surface area contributed by atoms with Crippen molar-refractivity contribution in [3.05, 3.63) is 18.2 Å². The molecule has 160 valence electrons. The van der Waals surface area contributed by atoms with Crippen LogP contribution in [0.15, 0.2) is 23.2 Å². The van der Waals surface area contributed by atoms with E-state index in [2.05, 4.69) is 15.6 Å². The lowest BCUT2D eigenvalue weighted by Crippen LogP contribution is -2.38. The fourth-order valence-electron chi connectivity index (χ4n) is 2.09. The van der Waals surface area contributed by atoms with Crippen LogP contribution in [0, 0.1) is 0 Å². The van der Waals surface area contributed by atoms with E-state index < -0.39 is 25.2 Å². The second kappa shape index (κ2) is 12.5. The van der Waals surface area contributed by atoms with Gasteiger partial charge >= 0.3 is 6.18 Å². The van der Waals surface area contributed by atoms with Gasteiger partial charge in [-0.1, -0.05) is 0 Å². The monoisotopic (exact) mass is 518 g/mol. The van der Waals surface area contributed by atoms with E-state index in [-0.39, 0.29) is 29.9 Å². The Morgan fingerprint density at radius 3 is 2.46 bits per heavy atom. The number of rotatable bonds is 8. The Morgan fingerprint density at radius 1 is 1.25 bits per heavy atom. The summed E-state index contributed by atoms with van der Waals surface area (Å²) < 4.78 is 47.8. The van der Waals surface area contributed by atoms with Crippen LogP contribution in [-0.2, 0) is 4.79 Å². The Hall–Kier alpha value is -1.92. The van der Waals surface area contributed by atoms with Crippen LogP contribution in [0.2, 0.25) is 0 Å². The van der Waals surface area contributed by atoms with Crippen molar-refractivity contribution in [2.24, 2.45) is 4.99 Å². The summed E-state index contributed by atoms with van der Waals surface area (Å²) in [5, 5.41) is 5.90. The van der Waals surface area contributed by atoms with Gasteiger partial charge in [-0.05, 0) is 26.0 Å². The fourth-order valence-corrected chi connectivity index (χ4v) is 2.09. The van der Waals surface area contributed by atoms with Crippen molar-refractivity contribution in [1.29, 1.82) is 0 Å². The number of aliphatic imine (C=N–C) groups is 1. The molecule has 1 aromatic rings. The van der Waals surface area contributed by atoms with E-state index in [4.69, 9.17) is 9.47 Å². The number of amides is 1. The molecule has 0 unspecified atom stereocenters. The molecule has 2 N–H and O–H groups in total. The molecule has 0 atom stereocenters. The highest BCUT2D eigenvalue weighted by Crippen LogP contribution is 2.30. The number of likely N-dealkylation sites (N-methyl/N-ethyl adjacent to an activating group) is 1. The number of anilines is 1. The zero-order chi connectivity index (χ0) is 20.4. The molecule has 0 spiro atoms. The van der Waals surface area contributed by atoms with Crippen LogP contribution < -0.4 is 20.1 Å². The standard InChI is InChI=1S/C17H25F3N4O3.HI/c1-5-21-16(22-10-15(25)24(3)11-17(18,19)20)23-12-7-8-13(27-6-2)14(9-12)26-4;/h7-9H,5-6,10-11H2,1-4H3,(H2,21,22,23);1H. The SMILES string of the molecule is CCNC(=NCC(=O)N(C)CC(F)(F)F)Nc1ccc(OCC)c(OC)c1.I. The fraction of sp³-hybridized carbons (Fsp3) is 0.529. The summed E-state index contributed by atoms with van der Waals surface area (Å²) in [6, 6.07) is 5.14. The predicted octanol–water partition coefficient (Wildman–Crippen LogP) is 3.11. The van der Waals surface area contributed by atoms with Crippen LogP contribution in [0.5, 0.6) is 11.5 Å². The molecule has 0 heterocycles. The number of halogens is 4. The summed E-state index contributed by atoms with van der Waals surface area (Å²) in [6.07, 6.45) is -4.45. The number of alkyl halides is 3. The molecular weight excluding hydrogens is 492 g/mol. The minimum absolute atomic E-state index is 0. The quantitative estimate of drug-likeness (QED) is 0.315. The van der Waals surface area contributed by atoms with Gasteiger partial charge in [-0.2, -0.15) is 13.2 Å². The molecule has 0 bridgehead atoms. The average Bonchev–Trinajstić information content (AvgIpc) is 2.59. The summed E-state index contributed by atoms with van der Waals surface area (Å²) in [5.74, 6) is 0.612. The highest BCUT2D eigenvalue weighted by molar-refractivity contribution is 14.0. The van der Waals surface area contributed by atoms with Gasteiger partial charge in [0.05, 0.1) is 13.7 Å². The van der Waals surface area contributed by atoms with Gasteiger partial charge in [0.15, 0.2) is 17.5 Å². The van der Waals surface area contributed by atoms with Crippen LogP contribution in [-0.4, -0.2) is 63.3 Å². The number of hydrogen-bond donors (Lipinski definition) is 2. The molecule has 0 saturated carbocycles.